The van der Waals surface area contributed by atoms with Crippen molar-refractivity contribution < 1.29 is 9.47 Å². The van der Waals surface area contributed by atoms with Crippen molar-refractivity contribution in [2.45, 2.75) is 39.7 Å². The van der Waals surface area contributed by atoms with E-state index in [9.17, 15) is 0 Å². The van der Waals surface area contributed by atoms with Crippen LogP contribution in [0.25, 0.3) is 0 Å². The van der Waals surface area contributed by atoms with Crippen LogP contribution < -0.4 is 15.4 Å². The lowest BCUT2D eigenvalue weighted by Gasteiger charge is -2.21. The SMILES string of the molecule is CCOCCCNC(=NCc1ccc(OC)cc1)NCC(C)CN1CCCC1. The van der Waals surface area contributed by atoms with E-state index in [2.05, 4.69) is 34.6 Å². The van der Waals surface area contributed by atoms with Crippen molar-refractivity contribution in [2.75, 3.05) is 53.0 Å². The number of aliphatic imine (C=N–C) groups is 1. The minimum atomic E-state index is 0.592. The molecule has 0 aromatic heterocycles. The molecule has 1 aliphatic rings. The highest BCUT2D eigenvalue weighted by Gasteiger charge is 2.14. The molecule has 1 aliphatic heterocycles. The van der Waals surface area contributed by atoms with Gasteiger partial charge in [0.15, 0.2) is 5.96 Å². The predicted molar refractivity (Wildman–Crippen MR) is 116 cm³/mol. The molecular weight excluding hydrogens is 352 g/mol. The molecule has 1 aromatic rings. The highest BCUT2D eigenvalue weighted by Crippen LogP contribution is 2.12. The summed E-state index contributed by atoms with van der Waals surface area (Å²) in [6.45, 7) is 12.0. The van der Waals surface area contributed by atoms with Crippen LogP contribution in [0, 0.1) is 5.92 Å². The third-order valence-electron chi connectivity index (χ3n) is 4.93. The summed E-state index contributed by atoms with van der Waals surface area (Å²) >= 11 is 0. The smallest absolute Gasteiger partial charge is 0.191 e. The maximum absolute atomic E-state index is 5.42. The summed E-state index contributed by atoms with van der Waals surface area (Å²) in [7, 11) is 1.69. The molecule has 0 spiro atoms. The maximum atomic E-state index is 5.42. The fourth-order valence-corrected chi connectivity index (χ4v) is 3.34. The van der Waals surface area contributed by atoms with Gasteiger partial charge in [-0.2, -0.15) is 0 Å². The molecule has 1 fully saturated rings. The summed E-state index contributed by atoms with van der Waals surface area (Å²) < 4.78 is 10.6. The highest BCUT2D eigenvalue weighted by molar-refractivity contribution is 5.79. The molecule has 1 saturated heterocycles. The number of methoxy groups -OCH3 is 1. The average molecular weight is 391 g/mol. The molecule has 158 valence electrons. The molecule has 28 heavy (non-hydrogen) atoms. The number of benzene rings is 1. The Morgan fingerprint density at radius 1 is 1.18 bits per heavy atom. The predicted octanol–water partition coefficient (Wildman–Crippen LogP) is 2.89. The molecule has 0 amide bonds. The van der Waals surface area contributed by atoms with Crippen molar-refractivity contribution in [2.24, 2.45) is 10.9 Å². The van der Waals surface area contributed by atoms with Crippen LogP contribution in [0.4, 0.5) is 0 Å². The van der Waals surface area contributed by atoms with Gasteiger partial charge in [0.1, 0.15) is 5.75 Å². The summed E-state index contributed by atoms with van der Waals surface area (Å²) in [6, 6.07) is 8.08. The van der Waals surface area contributed by atoms with E-state index in [0.717, 1.165) is 51.0 Å². The first-order valence-electron chi connectivity index (χ1n) is 10.7. The van der Waals surface area contributed by atoms with Crippen molar-refractivity contribution in [1.82, 2.24) is 15.5 Å². The van der Waals surface area contributed by atoms with E-state index in [1.807, 2.05) is 19.1 Å². The van der Waals surface area contributed by atoms with Gasteiger partial charge in [0, 0.05) is 32.8 Å². The molecule has 2 N–H and O–H groups in total. The number of rotatable bonds is 12. The van der Waals surface area contributed by atoms with Crippen molar-refractivity contribution >= 4 is 5.96 Å². The first-order chi connectivity index (χ1) is 13.7. The monoisotopic (exact) mass is 390 g/mol. The van der Waals surface area contributed by atoms with Crippen LogP contribution in [-0.4, -0.2) is 63.9 Å². The molecule has 6 nitrogen and oxygen atoms in total. The molecule has 0 saturated carbocycles. The average Bonchev–Trinajstić information content (AvgIpc) is 3.22. The minimum Gasteiger partial charge on any atom is -0.497 e. The van der Waals surface area contributed by atoms with Gasteiger partial charge in [-0.25, -0.2) is 4.99 Å². The Balaban J connectivity index is 1.82. The second-order valence-corrected chi connectivity index (χ2v) is 7.48. The van der Waals surface area contributed by atoms with Crippen LogP contribution in [0.5, 0.6) is 5.75 Å². The number of nitrogens with zero attached hydrogens (tertiary/aromatic N) is 2. The zero-order valence-corrected chi connectivity index (χ0v) is 17.9. The van der Waals surface area contributed by atoms with E-state index in [-0.39, 0.29) is 0 Å². The fourth-order valence-electron chi connectivity index (χ4n) is 3.34. The Hall–Kier alpha value is -1.79. The third-order valence-corrected chi connectivity index (χ3v) is 4.93. The van der Waals surface area contributed by atoms with E-state index in [0.29, 0.717) is 12.5 Å². The van der Waals surface area contributed by atoms with Gasteiger partial charge in [-0.05, 0) is 62.9 Å². The van der Waals surface area contributed by atoms with Crippen LogP contribution in [0.15, 0.2) is 29.3 Å². The Morgan fingerprint density at radius 2 is 1.93 bits per heavy atom. The fraction of sp³-hybridized carbons (Fsp3) is 0.682. The number of likely N-dealkylation sites (tertiary alicyclic amines) is 1. The Kier molecular flexibility index (Phi) is 10.8. The van der Waals surface area contributed by atoms with Gasteiger partial charge >= 0.3 is 0 Å². The molecule has 1 aromatic carbocycles. The molecule has 1 unspecified atom stereocenters. The van der Waals surface area contributed by atoms with Crippen LogP contribution in [0.2, 0.25) is 0 Å². The normalized spacial score (nSPS) is 16.2. The molecule has 2 rings (SSSR count). The Morgan fingerprint density at radius 3 is 2.61 bits per heavy atom. The molecule has 6 heteroatoms. The van der Waals surface area contributed by atoms with E-state index in [4.69, 9.17) is 14.5 Å². The minimum absolute atomic E-state index is 0.592. The van der Waals surface area contributed by atoms with Crippen LogP contribution >= 0.6 is 0 Å². The maximum Gasteiger partial charge on any atom is 0.191 e. The summed E-state index contributed by atoms with van der Waals surface area (Å²) in [5.74, 6) is 2.34. The lowest BCUT2D eigenvalue weighted by Crippen LogP contribution is -2.42. The van der Waals surface area contributed by atoms with E-state index in [1.54, 1.807) is 7.11 Å². The van der Waals surface area contributed by atoms with Gasteiger partial charge in [0.25, 0.3) is 0 Å². The standard InChI is InChI=1S/C22H38N4O2/c1-4-28-15-7-12-23-22(24-16-19(2)18-26-13-5-6-14-26)25-17-20-8-10-21(27-3)11-9-20/h8-11,19H,4-7,12-18H2,1-3H3,(H2,23,24,25). The van der Waals surface area contributed by atoms with Crippen molar-refractivity contribution in [3.8, 4) is 5.75 Å². The molecule has 1 heterocycles. The second kappa shape index (κ2) is 13.4. The van der Waals surface area contributed by atoms with Gasteiger partial charge in [0.2, 0.25) is 0 Å². The molecule has 0 bridgehead atoms. The lowest BCUT2D eigenvalue weighted by atomic mass is 10.1. The van der Waals surface area contributed by atoms with Gasteiger partial charge in [-0.15, -0.1) is 0 Å². The van der Waals surface area contributed by atoms with E-state index in [1.165, 1.54) is 31.5 Å². The summed E-state index contributed by atoms with van der Waals surface area (Å²) in [4.78, 5) is 7.34. The van der Waals surface area contributed by atoms with Crippen molar-refractivity contribution in [1.29, 1.82) is 0 Å². The van der Waals surface area contributed by atoms with Crippen molar-refractivity contribution in [3.05, 3.63) is 29.8 Å². The van der Waals surface area contributed by atoms with E-state index < -0.39 is 0 Å². The molecule has 0 radical (unpaired) electrons. The van der Waals surface area contributed by atoms with Crippen LogP contribution in [0.3, 0.4) is 0 Å². The van der Waals surface area contributed by atoms with Gasteiger partial charge < -0.3 is 25.0 Å². The lowest BCUT2D eigenvalue weighted by molar-refractivity contribution is 0.145. The molecular formula is C22H38N4O2. The third kappa shape index (κ3) is 8.93. The Bertz CT molecular complexity index is 556. The quantitative estimate of drug-likeness (QED) is 0.326. The summed E-state index contributed by atoms with van der Waals surface area (Å²) in [5.41, 5.74) is 1.17. The summed E-state index contributed by atoms with van der Waals surface area (Å²) in [6.07, 6.45) is 3.66. The van der Waals surface area contributed by atoms with Gasteiger partial charge in [0.05, 0.1) is 13.7 Å². The number of nitrogens with one attached hydrogen (secondary N) is 2. The number of hydrogen-bond donors (Lipinski definition) is 2. The second-order valence-electron chi connectivity index (χ2n) is 7.48. The first kappa shape index (κ1) is 22.5. The Labute approximate surface area is 170 Å². The topological polar surface area (TPSA) is 58.1 Å². The van der Waals surface area contributed by atoms with E-state index >= 15 is 0 Å². The number of ether oxygens (including phenoxy) is 2. The summed E-state index contributed by atoms with van der Waals surface area (Å²) in [5, 5.41) is 6.96. The van der Waals surface area contributed by atoms with Crippen molar-refractivity contribution in [3.63, 3.8) is 0 Å². The highest BCUT2D eigenvalue weighted by atomic mass is 16.5. The molecule has 0 aliphatic carbocycles. The largest absolute Gasteiger partial charge is 0.497 e. The number of hydrogen-bond acceptors (Lipinski definition) is 4. The van der Waals surface area contributed by atoms with Gasteiger partial charge in [-0.1, -0.05) is 19.1 Å². The molecule has 1 atom stereocenters. The number of guanidine groups is 1. The zero-order valence-electron chi connectivity index (χ0n) is 17.9. The van der Waals surface area contributed by atoms with Crippen LogP contribution in [-0.2, 0) is 11.3 Å². The first-order valence-corrected chi connectivity index (χ1v) is 10.7. The zero-order chi connectivity index (χ0) is 20.0. The van der Waals surface area contributed by atoms with Gasteiger partial charge in [-0.3, -0.25) is 0 Å². The van der Waals surface area contributed by atoms with Crippen LogP contribution in [0.1, 0.15) is 38.7 Å².